The second-order valence-corrected chi connectivity index (χ2v) is 11.8. The molecular weight excluding hydrogens is 468 g/mol. The first-order valence-electron chi connectivity index (χ1n) is 11.3. The van der Waals surface area contributed by atoms with Crippen molar-refractivity contribution in [2.75, 3.05) is 18.8 Å². The van der Waals surface area contributed by atoms with Crippen molar-refractivity contribution in [1.82, 2.24) is 19.1 Å². The van der Waals surface area contributed by atoms with Gasteiger partial charge in [0.25, 0.3) is 0 Å². The van der Waals surface area contributed by atoms with Crippen LogP contribution in [0.5, 0.6) is 0 Å². The highest BCUT2D eigenvalue weighted by molar-refractivity contribution is 7.99. The summed E-state index contributed by atoms with van der Waals surface area (Å²) in [5, 5.41) is 9.39. The van der Waals surface area contributed by atoms with Crippen molar-refractivity contribution in [2.24, 2.45) is 5.41 Å². The molecule has 0 bridgehead atoms. The number of hydrogen-bond acceptors (Lipinski definition) is 6. The predicted molar refractivity (Wildman–Crippen MR) is 136 cm³/mol. The summed E-state index contributed by atoms with van der Waals surface area (Å²) in [7, 11) is -3.61. The second kappa shape index (κ2) is 10.8. The topological polar surface area (TPSA) is 85.2 Å². The van der Waals surface area contributed by atoms with Crippen LogP contribution in [-0.4, -0.2) is 52.1 Å². The van der Waals surface area contributed by atoms with Gasteiger partial charge in [-0.05, 0) is 17.7 Å². The molecule has 0 fully saturated rings. The van der Waals surface area contributed by atoms with Crippen LogP contribution in [-0.2, 0) is 21.4 Å². The van der Waals surface area contributed by atoms with Gasteiger partial charge in [-0.2, -0.15) is 4.31 Å². The van der Waals surface area contributed by atoms with Crippen LogP contribution in [0.2, 0.25) is 0 Å². The van der Waals surface area contributed by atoms with Gasteiger partial charge in [-0.1, -0.05) is 88.8 Å². The van der Waals surface area contributed by atoms with Gasteiger partial charge in [-0.15, -0.1) is 10.2 Å². The van der Waals surface area contributed by atoms with Crippen LogP contribution in [0.15, 0.2) is 64.6 Å². The number of nitrogens with zero attached hydrogens (tertiary/aromatic N) is 4. The van der Waals surface area contributed by atoms with Gasteiger partial charge in [0.1, 0.15) is 5.78 Å². The maximum Gasteiger partial charge on any atom is 0.243 e. The van der Waals surface area contributed by atoms with E-state index in [-0.39, 0.29) is 16.4 Å². The molecule has 0 atom stereocenters. The largest absolute Gasteiger partial charge is 0.298 e. The lowest BCUT2D eigenvalue weighted by Crippen LogP contribution is -2.30. The molecule has 7 nitrogen and oxygen atoms in total. The summed E-state index contributed by atoms with van der Waals surface area (Å²) in [5.41, 5.74) is 1.28. The summed E-state index contributed by atoms with van der Waals surface area (Å²) in [6.07, 6.45) is 0. The highest BCUT2D eigenvalue weighted by Gasteiger charge is 2.25. The van der Waals surface area contributed by atoms with E-state index < -0.39 is 15.4 Å². The fraction of sp³-hybridized carbons (Fsp3) is 0.400. The smallest absolute Gasteiger partial charge is 0.243 e. The van der Waals surface area contributed by atoms with Crippen LogP contribution in [0.1, 0.15) is 40.2 Å². The molecule has 0 spiro atoms. The van der Waals surface area contributed by atoms with Gasteiger partial charge >= 0.3 is 0 Å². The van der Waals surface area contributed by atoms with Gasteiger partial charge in [0.05, 0.1) is 17.2 Å². The van der Waals surface area contributed by atoms with Crippen LogP contribution in [0, 0.1) is 5.41 Å². The van der Waals surface area contributed by atoms with E-state index in [0.29, 0.717) is 36.2 Å². The molecule has 0 N–H and O–H groups in total. The number of carbonyl (C=O) groups is 1. The normalized spacial score (nSPS) is 12.3. The lowest BCUT2D eigenvalue weighted by atomic mass is 9.92. The molecule has 0 aliphatic carbocycles. The van der Waals surface area contributed by atoms with Gasteiger partial charge in [0.15, 0.2) is 11.0 Å². The van der Waals surface area contributed by atoms with Gasteiger partial charge in [-0.25, -0.2) is 8.42 Å². The van der Waals surface area contributed by atoms with E-state index in [4.69, 9.17) is 0 Å². The molecule has 0 aliphatic heterocycles. The average Bonchev–Trinajstić information content (AvgIpc) is 3.20. The van der Waals surface area contributed by atoms with Crippen molar-refractivity contribution in [3.8, 4) is 11.4 Å². The Hall–Kier alpha value is -2.49. The number of hydrogen-bond donors (Lipinski definition) is 0. The molecule has 1 heterocycles. The molecule has 3 aromatic rings. The number of carbonyl (C=O) groups excluding carboxylic acids is 1. The van der Waals surface area contributed by atoms with Crippen molar-refractivity contribution < 1.29 is 13.2 Å². The SMILES string of the molecule is CCN(CC)S(=O)(=O)c1cccc(-c2nnc(SCC(=O)C(C)(C)C)n2Cc2ccccc2)c1. The first kappa shape index (κ1) is 26.1. The summed E-state index contributed by atoms with van der Waals surface area (Å²) in [6.45, 7) is 10.6. The minimum Gasteiger partial charge on any atom is -0.298 e. The van der Waals surface area contributed by atoms with Gasteiger partial charge in [0.2, 0.25) is 10.0 Å². The zero-order valence-corrected chi connectivity index (χ0v) is 22.0. The Balaban J connectivity index is 2.03. The molecule has 2 aromatic carbocycles. The molecule has 0 saturated heterocycles. The van der Waals surface area contributed by atoms with Crippen LogP contribution in [0.4, 0.5) is 0 Å². The van der Waals surface area contributed by atoms with Crippen molar-refractivity contribution in [3.05, 3.63) is 60.2 Å². The second-order valence-electron chi connectivity index (χ2n) is 8.96. The Bertz CT molecular complexity index is 1230. The van der Waals surface area contributed by atoms with Crippen LogP contribution < -0.4 is 0 Å². The molecule has 0 unspecified atom stereocenters. The molecule has 0 amide bonds. The van der Waals surface area contributed by atoms with E-state index >= 15 is 0 Å². The zero-order valence-electron chi connectivity index (χ0n) is 20.4. The number of sulfonamides is 1. The molecular formula is C25H32N4O3S2. The molecule has 0 aliphatic rings. The van der Waals surface area contributed by atoms with Crippen LogP contribution >= 0.6 is 11.8 Å². The molecule has 1 aromatic heterocycles. The third-order valence-corrected chi connectivity index (χ3v) is 8.52. The van der Waals surface area contributed by atoms with Crippen molar-refractivity contribution in [1.29, 1.82) is 0 Å². The number of benzene rings is 2. The number of thioether (sulfide) groups is 1. The Kier molecular flexibility index (Phi) is 8.33. The number of rotatable bonds is 10. The maximum atomic E-state index is 13.1. The lowest BCUT2D eigenvalue weighted by molar-refractivity contribution is -0.123. The van der Waals surface area contributed by atoms with Gasteiger partial charge in [0, 0.05) is 24.1 Å². The predicted octanol–water partition coefficient (Wildman–Crippen LogP) is 4.73. The first-order valence-corrected chi connectivity index (χ1v) is 13.7. The molecule has 182 valence electrons. The lowest BCUT2D eigenvalue weighted by Gasteiger charge is -2.19. The van der Waals surface area contributed by atoms with E-state index in [1.165, 1.54) is 16.1 Å². The van der Waals surface area contributed by atoms with E-state index in [0.717, 1.165) is 5.56 Å². The summed E-state index contributed by atoms with van der Waals surface area (Å²) < 4.78 is 29.5. The van der Waals surface area contributed by atoms with E-state index in [1.54, 1.807) is 18.2 Å². The third-order valence-electron chi connectivity index (χ3n) is 5.50. The summed E-state index contributed by atoms with van der Waals surface area (Å²) in [4.78, 5) is 12.7. The quantitative estimate of drug-likeness (QED) is 0.374. The van der Waals surface area contributed by atoms with Crippen molar-refractivity contribution >= 4 is 27.6 Å². The number of ketones is 1. The molecule has 9 heteroatoms. The van der Waals surface area contributed by atoms with Crippen molar-refractivity contribution in [3.63, 3.8) is 0 Å². The Morgan fingerprint density at radius 1 is 1.00 bits per heavy atom. The minimum atomic E-state index is -3.61. The standard InChI is InChI=1S/C25H32N4O3S2/c1-6-28(7-2)34(31,32)21-15-11-14-20(16-21)23-26-27-24(33-18-22(30)25(3,4)5)29(23)17-19-12-9-8-10-13-19/h8-16H,6-7,17-18H2,1-5H3. The monoisotopic (exact) mass is 500 g/mol. The van der Waals surface area contributed by atoms with E-state index in [2.05, 4.69) is 10.2 Å². The summed E-state index contributed by atoms with van der Waals surface area (Å²) >= 11 is 1.35. The van der Waals surface area contributed by atoms with Crippen LogP contribution in [0.3, 0.4) is 0 Å². The van der Waals surface area contributed by atoms with Crippen molar-refractivity contribution in [2.45, 2.75) is 51.2 Å². The Morgan fingerprint density at radius 3 is 2.29 bits per heavy atom. The van der Waals surface area contributed by atoms with Gasteiger partial charge in [-0.3, -0.25) is 9.36 Å². The highest BCUT2D eigenvalue weighted by Crippen LogP contribution is 2.29. The fourth-order valence-corrected chi connectivity index (χ4v) is 5.98. The fourth-order valence-electron chi connectivity index (χ4n) is 3.37. The molecule has 0 saturated carbocycles. The van der Waals surface area contributed by atoms with E-state index in [1.807, 2.05) is 75.6 Å². The average molecular weight is 501 g/mol. The minimum absolute atomic E-state index is 0.126. The molecule has 34 heavy (non-hydrogen) atoms. The Morgan fingerprint density at radius 2 is 1.68 bits per heavy atom. The van der Waals surface area contributed by atoms with Crippen LogP contribution in [0.25, 0.3) is 11.4 Å². The zero-order chi connectivity index (χ0) is 24.9. The van der Waals surface area contributed by atoms with E-state index in [9.17, 15) is 13.2 Å². The van der Waals surface area contributed by atoms with Gasteiger partial charge < -0.3 is 0 Å². The molecule has 0 radical (unpaired) electrons. The Labute approximate surface area is 206 Å². The number of Topliss-reactive ketones (excluding diaryl/α,β-unsaturated/α-hetero) is 1. The summed E-state index contributed by atoms with van der Waals surface area (Å²) in [5.74, 6) is 0.971. The maximum absolute atomic E-state index is 13.1. The third kappa shape index (κ3) is 5.95. The highest BCUT2D eigenvalue weighted by atomic mass is 32.2. The first-order chi connectivity index (χ1) is 16.1. The summed E-state index contributed by atoms with van der Waals surface area (Å²) in [6, 6.07) is 16.7. The molecule has 3 rings (SSSR count). The number of aromatic nitrogens is 3.